The van der Waals surface area contributed by atoms with Gasteiger partial charge in [-0.25, -0.2) is 9.59 Å². The van der Waals surface area contributed by atoms with E-state index in [1.54, 1.807) is 0 Å². The zero-order valence-corrected chi connectivity index (χ0v) is 31.8. The zero-order chi connectivity index (χ0) is 41.2. The Morgan fingerprint density at radius 1 is 1.04 bits per heavy atom. The van der Waals surface area contributed by atoms with Crippen molar-refractivity contribution in [2.45, 2.75) is 102 Å². The lowest BCUT2D eigenvalue weighted by atomic mass is 9.82. The summed E-state index contributed by atoms with van der Waals surface area (Å²) in [6.07, 6.45) is -2.11. The number of benzene rings is 2. The second-order valence-electron chi connectivity index (χ2n) is 13.9. The van der Waals surface area contributed by atoms with Gasteiger partial charge < -0.3 is 35.5 Å². The molecule has 1 saturated heterocycles. The van der Waals surface area contributed by atoms with Gasteiger partial charge in [-0.1, -0.05) is 30.3 Å². The van der Waals surface area contributed by atoms with E-state index in [1.807, 2.05) is 30.3 Å². The molecule has 0 bridgehead atoms. The molecule has 0 radical (unpaired) electrons. The minimum absolute atomic E-state index is 0.0574. The van der Waals surface area contributed by atoms with E-state index in [2.05, 4.69) is 10.6 Å². The van der Waals surface area contributed by atoms with Crippen molar-refractivity contribution >= 4 is 47.0 Å². The van der Waals surface area contributed by atoms with Crippen molar-refractivity contribution in [1.82, 2.24) is 20.4 Å². The van der Waals surface area contributed by atoms with E-state index >= 15 is 0 Å². The summed E-state index contributed by atoms with van der Waals surface area (Å²) in [5, 5.41) is 16.3. The van der Waals surface area contributed by atoms with Crippen LogP contribution < -0.4 is 21.1 Å². The fraction of sp³-hybridized carbons (Fsp3) is 0.500. The van der Waals surface area contributed by atoms with Crippen molar-refractivity contribution < 1.29 is 52.7 Å². The molecule has 2 aliphatic rings. The first-order valence-electron chi connectivity index (χ1n) is 18.3. The average Bonchev–Trinajstić information content (AvgIpc) is 3.76. The van der Waals surface area contributed by atoms with Crippen molar-refractivity contribution in [2.24, 2.45) is 5.73 Å². The normalized spacial score (nSPS) is 20.3. The van der Waals surface area contributed by atoms with Gasteiger partial charge in [0.05, 0.1) is 17.0 Å². The van der Waals surface area contributed by atoms with E-state index in [0.717, 1.165) is 34.7 Å². The number of rotatable bonds is 17. The van der Waals surface area contributed by atoms with E-state index in [1.165, 1.54) is 32.8 Å². The average molecular weight is 781 g/mol. The van der Waals surface area contributed by atoms with Crippen LogP contribution >= 0.6 is 0 Å². The minimum Gasteiger partial charge on any atom is -0.445 e. The van der Waals surface area contributed by atoms with Gasteiger partial charge in [-0.2, -0.15) is 0 Å². The maximum atomic E-state index is 14.7. The first-order chi connectivity index (χ1) is 26.6. The first kappa shape index (κ1) is 43.0. The van der Waals surface area contributed by atoms with Crippen LogP contribution in [-0.4, -0.2) is 112 Å². The summed E-state index contributed by atoms with van der Waals surface area (Å²) < 4.78 is 15.9. The Labute approximate surface area is 323 Å². The topological polar surface area (TPSA) is 247 Å². The van der Waals surface area contributed by atoms with Gasteiger partial charge >= 0.3 is 12.2 Å². The summed E-state index contributed by atoms with van der Waals surface area (Å²) in [5.74, 6) is -4.36. The van der Waals surface area contributed by atoms with Crippen molar-refractivity contribution in [1.29, 1.82) is 0 Å². The van der Waals surface area contributed by atoms with E-state index in [-0.39, 0.29) is 37.4 Å². The number of nitrogens with two attached hydrogens (primary N) is 1. The summed E-state index contributed by atoms with van der Waals surface area (Å²) >= 11 is 0. The van der Waals surface area contributed by atoms with Gasteiger partial charge in [-0.05, 0) is 70.6 Å². The number of ketones is 3. The number of unbranched alkanes of at least 4 members (excludes halogenated alkanes) is 1. The molecule has 0 aromatic heterocycles. The molecule has 0 spiro atoms. The highest BCUT2D eigenvalue weighted by Crippen LogP contribution is 2.38. The highest BCUT2D eigenvalue weighted by atomic mass is 16.6. The molecule has 302 valence electrons. The molecule has 1 aliphatic carbocycles. The number of nitro benzene ring substituents is 1. The fourth-order valence-electron chi connectivity index (χ4n) is 6.88. The standard InChI is InChI=1S/C38H48N6O12/c1-23(2)43(37(51)56-27-17-15-26(16-18-27)44(52)53)38(31(45)21-30(54-4)33(38)47)32(46)29-14-10-20-42(29)35(49)24(3)41-34(48)28(39)13-8-9-19-40-36(50)55-22-25-11-6-5-7-12-25/h5-7,11-12,15-18,23-24,28-30H,8-10,13-14,19-22,39H2,1-4H3,(H,40,50)(H,41,48)/t24-,28-,29-,30?,38?/m0/s1. The molecule has 2 aromatic carbocycles. The number of amides is 4. The molecule has 4 N–H and O–H groups in total. The lowest BCUT2D eigenvalue weighted by Crippen LogP contribution is -2.70. The Morgan fingerprint density at radius 3 is 2.32 bits per heavy atom. The number of hydrogen-bond acceptors (Lipinski definition) is 13. The number of alkyl carbamates (subject to hydrolysis) is 1. The van der Waals surface area contributed by atoms with Crippen LogP contribution in [0.15, 0.2) is 54.6 Å². The molecular formula is C38H48N6O12. The number of nitrogens with zero attached hydrogens (tertiary/aromatic N) is 3. The predicted molar refractivity (Wildman–Crippen MR) is 198 cm³/mol. The first-order valence-corrected chi connectivity index (χ1v) is 18.3. The van der Waals surface area contributed by atoms with E-state index in [0.29, 0.717) is 25.8 Å². The third kappa shape index (κ3) is 9.72. The highest BCUT2D eigenvalue weighted by molar-refractivity contribution is 6.36. The van der Waals surface area contributed by atoms with Crippen molar-refractivity contribution in [2.75, 3.05) is 20.2 Å². The molecule has 18 nitrogen and oxygen atoms in total. The monoisotopic (exact) mass is 780 g/mol. The Hall–Kier alpha value is -5.75. The SMILES string of the molecule is COC1CC(=O)C(C(=O)[C@@H]2CCCN2C(=O)[C@H](C)NC(=O)[C@@H](N)CCCCNC(=O)OCc2ccccc2)(N(C(=O)Oc2ccc([N+](=O)[O-])cc2)C(C)C)C1=O. The van der Waals surface area contributed by atoms with Crippen molar-refractivity contribution in [3.05, 3.63) is 70.3 Å². The number of Topliss-reactive ketones (excluding diaryl/α,β-unsaturated/α-hetero) is 3. The molecule has 1 saturated carbocycles. The third-order valence-corrected chi connectivity index (χ3v) is 9.72. The Balaban J connectivity index is 1.40. The summed E-state index contributed by atoms with van der Waals surface area (Å²) in [4.78, 5) is 108. The van der Waals surface area contributed by atoms with Gasteiger partial charge in [0.25, 0.3) is 5.69 Å². The molecule has 56 heavy (non-hydrogen) atoms. The Bertz CT molecular complexity index is 1790. The smallest absolute Gasteiger partial charge is 0.417 e. The molecule has 4 amide bonds. The number of non-ortho nitro benzene ring substituents is 1. The van der Waals surface area contributed by atoms with Gasteiger partial charge in [0.1, 0.15) is 24.5 Å². The minimum atomic E-state index is -2.72. The predicted octanol–water partition coefficient (Wildman–Crippen LogP) is 2.59. The van der Waals surface area contributed by atoms with Crippen LogP contribution in [0, 0.1) is 10.1 Å². The van der Waals surface area contributed by atoms with E-state index in [4.69, 9.17) is 19.9 Å². The number of nitrogens with one attached hydrogen (secondary N) is 2. The number of likely N-dealkylation sites (tertiary alicyclic amines) is 1. The van der Waals surface area contributed by atoms with Crippen LogP contribution in [0.1, 0.15) is 64.9 Å². The van der Waals surface area contributed by atoms with Crippen LogP contribution in [0.4, 0.5) is 15.3 Å². The highest BCUT2D eigenvalue weighted by Gasteiger charge is 2.67. The Kier molecular flexibility index (Phi) is 14.7. The second-order valence-corrected chi connectivity index (χ2v) is 13.9. The second kappa shape index (κ2) is 19.2. The summed E-state index contributed by atoms with van der Waals surface area (Å²) in [5.41, 5.74) is 3.96. The molecule has 1 aliphatic heterocycles. The van der Waals surface area contributed by atoms with Crippen LogP contribution in [0.5, 0.6) is 5.75 Å². The number of nitro groups is 1. The van der Waals surface area contributed by atoms with Crippen LogP contribution in [0.2, 0.25) is 0 Å². The molecule has 18 heteroatoms. The number of ether oxygens (including phenoxy) is 3. The summed E-state index contributed by atoms with van der Waals surface area (Å²) in [6.45, 7) is 4.85. The van der Waals surface area contributed by atoms with Gasteiger partial charge in [-0.3, -0.25) is 39.0 Å². The maximum Gasteiger partial charge on any atom is 0.417 e. The molecule has 5 atom stereocenters. The summed E-state index contributed by atoms with van der Waals surface area (Å²) in [7, 11) is 1.19. The van der Waals surface area contributed by atoms with Gasteiger partial charge in [0.15, 0.2) is 11.6 Å². The molecule has 2 aromatic rings. The van der Waals surface area contributed by atoms with Gasteiger partial charge in [0, 0.05) is 44.8 Å². The Morgan fingerprint density at radius 2 is 1.71 bits per heavy atom. The quantitative estimate of drug-likeness (QED) is 0.0905. The molecule has 2 unspecified atom stereocenters. The summed E-state index contributed by atoms with van der Waals surface area (Å²) in [6, 6.07) is 9.25. The molecular weight excluding hydrogens is 732 g/mol. The number of carbonyl (C=O) groups is 7. The lowest BCUT2D eigenvalue weighted by molar-refractivity contribution is -0.384. The number of hydrogen-bond donors (Lipinski definition) is 3. The molecule has 2 fully saturated rings. The van der Waals surface area contributed by atoms with Crippen LogP contribution in [0.3, 0.4) is 0 Å². The molecule has 1 heterocycles. The van der Waals surface area contributed by atoms with Gasteiger partial charge in [0.2, 0.25) is 23.1 Å². The van der Waals surface area contributed by atoms with Gasteiger partial charge in [-0.15, -0.1) is 0 Å². The number of methoxy groups -OCH3 is 1. The number of carbonyl (C=O) groups excluding carboxylic acids is 7. The van der Waals surface area contributed by atoms with E-state index < -0.39 is 88.5 Å². The maximum absolute atomic E-state index is 14.7. The zero-order valence-electron chi connectivity index (χ0n) is 31.8. The largest absolute Gasteiger partial charge is 0.445 e. The molecule has 4 rings (SSSR count). The lowest BCUT2D eigenvalue weighted by Gasteiger charge is -2.41. The van der Waals surface area contributed by atoms with Crippen molar-refractivity contribution in [3.63, 3.8) is 0 Å². The van der Waals surface area contributed by atoms with Crippen LogP contribution in [0.25, 0.3) is 0 Å². The van der Waals surface area contributed by atoms with Crippen LogP contribution in [-0.2, 0) is 40.1 Å². The van der Waals surface area contributed by atoms with Crippen molar-refractivity contribution in [3.8, 4) is 5.75 Å². The fourth-order valence-corrected chi connectivity index (χ4v) is 6.88. The van der Waals surface area contributed by atoms with E-state index in [9.17, 15) is 43.7 Å². The third-order valence-electron chi connectivity index (χ3n) is 9.72.